The Morgan fingerprint density at radius 3 is 2.25 bits per heavy atom. The highest BCUT2D eigenvalue weighted by molar-refractivity contribution is 6.31. The van der Waals surface area contributed by atoms with Crippen molar-refractivity contribution in [2.45, 2.75) is 0 Å². The fraction of sp³-hybridized carbons (Fsp3) is 0. The summed E-state index contributed by atoms with van der Waals surface area (Å²) in [5.74, 6) is -3.12. The topological polar surface area (TPSA) is 91.0 Å². The molecule has 0 saturated carbocycles. The number of nitrogens with zero attached hydrogens (tertiary/aromatic N) is 4. The van der Waals surface area contributed by atoms with Gasteiger partial charge in [-0.1, -0.05) is 0 Å². The molecule has 1 aromatic heterocycles. The summed E-state index contributed by atoms with van der Waals surface area (Å²) in [6, 6.07) is 0.371. The van der Waals surface area contributed by atoms with E-state index in [0.717, 1.165) is 0 Å². The van der Waals surface area contributed by atoms with E-state index in [9.17, 15) is 18.9 Å². The number of nitro benzene ring substituents is 1. The molecular formula is C9H2Cl2F2N4O3. The molecule has 1 aromatic carbocycles. The number of rotatable bonds is 3. The van der Waals surface area contributed by atoms with E-state index >= 15 is 0 Å². The summed E-state index contributed by atoms with van der Waals surface area (Å²) >= 11 is 10.9. The van der Waals surface area contributed by atoms with Gasteiger partial charge in [0.1, 0.15) is 0 Å². The summed E-state index contributed by atoms with van der Waals surface area (Å²) in [7, 11) is 0. The van der Waals surface area contributed by atoms with Crippen LogP contribution in [0.3, 0.4) is 0 Å². The molecule has 0 N–H and O–H groups in total. The highest BCUT2D eigenvalue weighted by atomic mass is 35.5. The first-order valence-corrected chi connectivity index (χ1v) is 5.51. The Morgan fingerprint density at radius 2 is 1.70 bits per heavy atom. The fourth-order valence-electron chi connectivity index (χ4n) is 1.19. The van der Waals surface area contributed by atoms with Crippen molar-refractivity contribution in [2.75, 3.05) is 0 Å². The zero-order valence-electron chi connectivity index (χ0n) is 9.18. The number of hydrogen-bond acceptors (Lipinski definition) is 6. The molecule has 0 aliphatic heterocycles. The second kappa shape index (κ2) is 5.47. The number of halogens is 4. The normalized spacial score (nSPS) is 10.4. The average molecular weight is 323 g/mol. The van der Waals surface area contributed by atoms with Crippen molar-refractivity contribution in [3.63, 3.8) is 0 Å². The third-order valence-corrected chi connectivity index (χ3v) is 2.30. The van der Waals surface area contributed by atoms with Crippen LogP contribution in [0.15, 0.2) is 12.1 Å². The van der Waals surface area contributed by atoms with E-state index in [1.165, 1.54) is 0 Å². The van der Waals surface area contributed by atoms with E-state index in [1.807, 2.05) is 0 Å². The minimum absolute atomic E-state index is 0.317. The Labute approximate surface area is 119 Å². The molecule has 104 valence electrons. The predicted octanol–water partition coefficient (Wildman–Crippen LogP) is 3.16. The molecule has 7 nitrogen and oxygen atoms in total. The molecule has 0 aliphatic rings. The fourth-order valence-corrected chi connectivity index (χ4v) is 1.54. The van der Waals surface area contributed by atoms with Crippen LogP contribution >= 0.6 is 23.2 Å². The maximum atomic E-state index is 13.5. The van der Waals surface area contributed by atoms with E-state index in [4.69, 9.17) is 27.9 Å². The van der Waals surface area contributed by atoms with Gasteiger partial charge in [0, 0.05) is 6.07 Å². The van der Waals surface area contributed by atoms with Crippen molar-refractivity contribution in [3.05, 3.63) is 44.4 Å². The average Bonchev–Trinajstić information content (AvgIpc) is 2.31. The van der Waals surface area contributed by atoms with E-state index in [0.29, 0.717) is 12.1 Å². The lowest BCUT2D eigenvalue weighted by Crippen LogP contribution is -1.99. The van der Waals surface area contributed by atoms with Gasteiger partial charge >= 0.3 is 11.7 Å². The number of ether oxygens (including phenoxy) is 1. The molecule has 2 aromatic rings. The Morgan fingerprint density at radius 1 is 1.10 bits per heavy atom. The van der Waals surface area contributed by atoms with E-state index < -0.39 is 34.0 Å². The maximum absolute atomic E-state index is 13.5. The van der Waals surface area contributed by atoms with Gasteiger partial charge in [0.15, 0.2) is 11.6 Å². The van der Waals surface area contributed by atoms with Gasteiger partial charge in [-0.15, -0.1) is 0 Å². The van der Waals surface area contributed by atoms with Crippen molar-refractivity contribution >= 4 is 28.9 Å². The van der Waals surface area contributed by atoms with Crippen LogP contribution in [-0.4, -0.2) is 19.9 Å². The predicted molar refractivity (Wildman–Crippen MR) is 62.9 cm³/mol. The lowest BCUT2D eigenvalue weighted by Gasteiger charge is -2.05. The third kappa shape index (κ3) is 3.06. The van der Waals surface area contributed by atoms with Crippen molar-refractivity contribution in [3.8, 4) is 11.8 Å². The van der Waals surface area contributed by atoms with Crippen molar-refractivity contribution < 1.29 is 18.4 Å². The van der Waals surface area contributed by atoms with E-state index in [-0.39, 0.29) is 10.6 Å². The number of hydrogen-bond donors (Lipinski definition) is 0. The smallest absolute Gasteiger partial charge is 0.327 e. The highest BCUT2D eigenvalue weighted by Gasteiger charge is 2.20. The van der Waals surface area contributed by atoms with Crippen LogP contribution in [0.1, 0.15) is 0 Å². The van der Waals surface area contributed by atoms with Crippen LogP contribution in [0.5, 0.6) is 11.8 Å². The summed E-state index contributed by atoms with van der Waals surface area (Å²) < 4.78 is 31.7. The number of aromatic nitrogens is 3. The van der Waals surface area contributed by atoms with Crippen molar-refractivity contribution in [1.29, 1.82) is 0 Å². The van der Waals surface area contributed by atoms with E-state index in [2.05, 4.69) is 15.0 Å². The molecule has 0 saturated heterocycles. The van der Waals surface area contributed by atoms with Gasteiger partial charge in [0.05, 0.1) is 11.0 Å². The Balaban J connectivity index is 2.39. The monoisotopic (exact) mass is 322 g/mol. The molecule has 0 spiro atoms. The largest absolute Gasteiger partial charge is 0.421 e. The molecule has 1 heterocycles. The quantitative estimate of drug-likeness (QED) is 0.636. The maximum Gasteiger partial charge on any atom is 0.327 e. The van der Waals surface area contributed by atoms with Gasteiger partial charge in [0.2, 0.25) is 16.4 Å². The van der Waals surface area contributed by atoms with Gasteiger partial charge in [-0.05, 0) is 23.2 Å². The highest BCUT2D eigenvalue weighted by Crippen LogP contribution is 2.29. The molecule has 0 aliphatic carbocycles. The van der Waals surface area contributed by atoms with Gasteiger partial charge in [-0.3, -0.25) is 10.1 Å². The third-order valence-electron chi connectivity index (χ3n) is 1.96. The molecule has 0 unspecified atom stereocenters. The zero-order valence-corrected chi connectivity index (χ0v) is 10.7. The summed E-state index contributed by atoms with van der Waals surface area (Å²) in [5, 5.41) is 9.79. The molecule has 11 heteroatoms. The Hall–Kier alpha value is -2.13. The molecule has 0 radical (unpaired) electrons. The van der Waals surface area contributed by atoms with Crippen LogP contribution in [0.25, 0.3) is 0 Å². The lowest BCUT2D eigenvalue weighted by molar-refractivity contribution is -0.387. The van der Waals surface area contributed by atoms with Gasteiger partial charge in [-0.25, -0.2) is 4.39 Å². The first-order valence-electron chi connectivity index (χ1n) is 4.75. The van der Waals surface area contributed by atoms with Crippen LogP contribution < -0.4 is 4.74 Å². The number of benzene rings is 1. The van der Waals surface area contributed by atoms with Gasteiger partial charge < -0.3 is 4.74 Å². The standard InChI is InChI=1S/C9H2Cl2F2N4O3/c10-7-14-8(11)16-9(15-7)20-6-2-3(12)5(17(18)19)1-4(6)13/h1-2H. The summed E-state index contributed by atoms with van der Waals surface area (Å²) in [4.78, 5) is 19.7. The summed E-state index contributed by atoms with van der Waals surface area (Å²) in [5.41, 5.74) is -1.03. The minimum atomic E-state index is -1.28. The van der Waals surface area contributed by atoms with Crippen LogP contribution in [0, 0.1) is 21.7 Å². The molecule has 0 amide bonds. The lowest BCUT2D eigenvalue weighted by atomic mass is 10.3. The molecule has 20 heavy (non-hydrogen) atoms. The molecule has 0 bridgehead atoms. The van der Waals surface area contributed by atoms with Gasteiger partial charge in [-0.2, -0.15) is 19.3 Å². The summed E-state index contributed by atoms with van der Waals surface area (Å²) in [6.07, 6.45) is 0. The molecular weight excluding hydrogens is 321 g/mol. The van der Waals surface area contributed by atoms with Crippen molar-refractivity contribution in [2.24, 2.45) is 0 Å². The van der Waals surface area contributed by atoms with Crippen molar-refractivity contribution in [1.82, 2.24) is 15.0 Å². The Kier molecular flexibility index (Phi) is 3.91. The van der Waals surface area contributed by atoms with E-state index in [1.54, 1.807) is 0 Å². The second-order valence-electron chi connectivity index (χ2n) is 3.25. The first kappa shape index (κ1) is 14.3. The zero-order chi connectivity index (χ0) is 14.9. The Bertz CT molecular complexity index is 681. The first-order chi connectivity index (χ1) is 9.36. The van der Waals surface area contributed by atoms with Gasteiger partial charge in [0.25, 0.3) is 0 Å². The number of nitro groups is 1. The van der Waals surface area contributed by atoms with Crippen LogP contribution in [-0.2, 0) is 0 Å². The summed E-state index contributed by atoms with van der Waals surface area (Å²) in [6.45, 7) is 0. The van der Waals surface area contributed by atoms with Crippen LogP contribution in [0.2, 0.25) is 10.6 Å². The second-order valence-corrected chi connectivity index (χ2v) is 3.93. The minimum Gasteiger partial charge on any atom is -0.421 e. The van der Waals surface area contributed by atoms with Crippen LogP contribution in [0.4, 0.5) is 14.5 Å². The SMILES string of the molecule is O=[N+]([O-])c1cc(F)c(Oc2nc(Cl)nc(Cl)n2)cc1F. The molecule has 2 rings (SSSR count). The molecule has 0 atom stereocenters. The molecule has 0 fully saturated rings.